The first-order valence-electron chi connectivity index (χ1n) is 25.0. The Morgan fingerprint density at radius 2 is 0.900 bits per heavy atom. The average Bonchev–Trinajstić information content (AvgIpc) is 3.21. The van der Waals surface area contributed by atoms with E-state index in [1.54, 1.807) is 0 Å². The maximum atomic E-state index is 12.8. The summed E-state index contributed by atoms with van der Waals surface area (Å²) in [5.41, 5.74) is 0. The van der Waals surface area contributed by atoms with Crippen molar-refractivity contribution in [2.24, 2.45) is 0 Å². The van der Waals surface area contributed by atoms with Crippen LogP contribution >= 0.6 is 0 Å². The molecule has 0 radical (unpaired) electrons. The molecule has 0 saturated carbocycles. The highest BCUT2D eigenvalue weighted by atomic mass is 16.7. The van der Waals surface area contributed by atoms with Crippen LogP contribution in [0.15, 0.2) is 24.3 Å². The van der Waals surface area contributed by atoms with Gasteiger partial charge in [-0.3, -0.25) is 9.59 Å². The number of aliphatic carboxylic acids is 1. The third kappa shape index (κ3) is 43.8. The first-order valence-corrected chi connectivity index (χ1v) is 25.0. The number of carboxylic acid groups (broad SMARTS) is 1. The van der Waals surface area contributed by atoms with E-state index in [0.717, 1.165) is 51.4 Å². The van der Waals surface area contributed by atoms with Crippen LogP contribution in [0.25, 0.3) is 0 Å². The van der Waals surface area contributed by atoms with Gasteiger partial charge in [0, 0.05) is 12.8 Å². The van der Waals surface area contributed by atoms with E-state index in [-0.39, 0.29) is 32.2 Å². The zero-order valence-electron chi connectivity index (χ0n) is 39.8. The Balaban J connectivity index is 4.35. The number of unbranched alkanes of at least 4 members (excludes halogenated alkanes) is 27. The third-order valence-electron chi connectivity index (χ3n) is 11.0. The minimum atomic E-state index is -1.62. The fraction of sp³-hybridized carbons (Fsp3) is 0.863. The van der Waals surface area contributed by atoms with E-state index in [1.807, 2.05) is 21.1 Å². The summed E-state index contributed by atoms with van der Waals surface area (Å²) in [6.07, 6.45) is 44.9. The molecule has 9 nitrogen and oxygen atoms in total. The highest BCUT2D eigenvalue weighted by molar-refractivity contribution is 5.70. The Labute approximate surface area is 369 Å². The molecule has 2 unspecified atom stereocenters. The van der Waals surface area contributed by atoms with Crippen molar-refractivity contribution in [2.45, 2.75) is 238 Å². The van der Waals surface area contributed by atoms with E-state index < -0.39 is 24.3 Å². The Morgan fingerprint density at radius 3 is 1.35 bits per heavy atom. The summed E-state index contributed by atoms with van der Waals surface area (Å²) in [5, 5.41) is 11.7. The zero-order valence-corrected chi connectivity index (χ0v) is 39.8. The quantitative estimate of drug-likeness (QED) is 0.0196. The van der Waals surface area contributed by atoms with Crippen LogP contribution in [-0.2, 0) is 33.3 Å². The molecule has 0 spiro atoms. The summed E-state index contributed by atoms with van der Waals surface area (Å²) >= 11 is 0. The lowest BCUT2D eigenvalue weighted by molar-refractivity contribution is -0.870. The van der Waals surface area contributed by atoms with E-state index in [0.29, 0.717) is 23.9 Å². The number of carbonyl (C=O) groups excluding carboxylic acids is 3. The van der Waals surface area contributed by atoms with Gasteiger partial charge in [-0.1, -0.05) is 192 Å². The van der Waals surface area contributed by atoms with Gasteiger partial charge in [-0.05, 0) is 44.9 Å². The van der Waals surface area contributed by atoms with Gasteiger partial charge in [-0.15, -0.1) is 0 Å². The number of likely N-dealkylation sites (N-methyl/N-ethyl adjacent to an activating group) is 1. The molecule has 0 heterocycles. The van der Waals surface area contributed by atoms with Crippen molar-refractivity contribution in [3.05, 3.63) is 24.3 Å². The molecule has 0 aliphatic rings. The summed E-state index contributed by atoms with van der Waals surface area (Å²) < 4.78 is 22.6. The number of hydrogen-bond acceptors (Lipinski definition) is 8. The third-order valence-corrected chi connectivity index (χ3v) is 11.0. The van der Waals surface area contributed by atoms with E-state index in [9.17, 15) is 19.5 Å². The van der Waals surface area contributed by atoms with Gasteiger partial charge in [0.1, 0.15) is 13.2 Å². The number of ether oxygens (including phenoxy) is 4. The van der Waals surface area contributed by atoms with Gasteiger partial charge >= 0.3 is 11.9 Å². The second-order valence-corrected chi connectivity index (χ2v) is 18.1. The Hall–Kier alpha value is -2.23. The smallest absolute Gasteiger partial charge is 0.306 e. The van der Waals surface area contributed by atoms with Crippen molar-refractivity contribution in [1.29, 1.82) is 0 Å². The van der Waals surface area contributed by atoms with Gasteiger partial charge in [0.05, 0.1) is 40.3 Å². The number of rotatable bonds is 46. The number of nitrogens with zero attached hydrogens (tertiary/aromatic N) is 1. The lowest BCUT2D eigenvalue weighted by Crippen LogP contribution is -2.44. The van der Waals surface area contributed by atoms with Crippen molar-refractivity contribution < 1.29 is 42.9 Å². The van der Waals surface area contributed by atoms with Crippen LogP contribution in [-0.4, -0.2) is 82.3 Å². The Bertz CT molecular complexity index is 1040. The van der Waals surface area contributed by atoms with Crippen molar-refractivity contribution in [3.63, 3.8) is 0 Å². The Kier molecular flexibility index (Phi) is 41.8. The second kappa shape index (κ2) is 43.4. The maximum Gasteiger partial charge on any atom is 0.306 e. The largest absolute Gasteiger partial charge is 0.545 e. The van der Waals surface area contributed by atoms with Crippen LogP contribution in [0.1, 0.15) is 226 Å². The minimum Gasteiger partial charge on any atom is -0.545 e. The van der Waals surface area contributed by atoms with Crippen molar-refractivity contribution >= 4 is 17.9 Å². The van der Waals surface area contributed by atoms with Gasteiger partial charge in [-0.25, -0.2) is 0 Å². The Morgan fingerprint density at radius 1 is 0.500 bits per heavy atom. The fourth-order valence-electron chi connectivity index (χ4n) is 7.04. The lowest BCUT2D eigenvalue weighted by atomic mass is 10.0. The predicted molar refractivity (Wildman–Crippen MR) is 246 cm³/mol. The molecule has 0 aromatic rings. The van der Waals surface area contributed by atoms with Crippen molar-refractivity contribution in [1.82, 2.24) is 0 Å². The number of carboxylic acids is 1. The van der Waals surface area contributed by atoms with E-state index in [1.165, 1.54) is 141 Å². The standard InChI is InChI=1S/C51H95NO8/c1-6-8-10-12-14-16-18-20-22-24-26-27-29-31-33-35-37-39-41-48(53)58-45-47(46-59-51(50(55)56)57-44-43-52(3,4)5)60-49(54)42-40-38-36-34-32-30-28-25-23-21-19-17-15-13-11-9-7-2/h15,17,21,23,47,51H,6-14,16,18-20,22,24-46H2,1-5H3/b17-15-,23-21-. The monoisotopic (exact) mass is 850 g/mol. The highest BCUT2D eigenvalue weighted by Crippen LogP contribution is 2.16. The SMILES string of the molecule is CCCCC/C=C\C/C=C\CCCCCCCCCC(=O)OC(COC(=O)CCCCCCCCCCCCCCCCCCCC)COC(OCC[N+](C)(C)C)C(=O)[O-]. The molecule has 9 heteroatoms. The van der Waals surface area contributed by atoms with Crippen LogP contribution in [0.5, 0.6) is 0 Å². The second-order valence-electron chi connectivity index (χ2n) is 18.1. The molecule has 0 fully saturated rings. The van der Waals surface area contributed by atoms with Crippen molar-refractivity contribution in [3.8, 4) is 0 Å². The van der Waals surface area contributed by atoms with Crippen molar-refractivity contribution in [2.75, 3.05) is 47.5 Å². The molecule has 60 heavy (non-hydrogen) atoms. The van der Waals surface area contributed by atoms with E-state index in [2.05, 4.69) is 38.2 Å². The molecular formula is C51H95NO8. The maximum absolute atomic E-state index is 12.8. The van der Waals surface area contributed by atoms with Crippen LogP contribution in [0, 0.1) is 0 Å². The number of esters is 2. The summed E-state index contributed by atoms with van der Waals surface area (Å²) in [6.45, 7) is 4.74. The van der Waals surface area contributed by atoms with Crippen LogP contribution in [0.4, 0.5) is 0 Å². The van der Waals surface area contributed by atoms with Crippen LogP contribution < -0.4 is 5.11 Å². The number of carbonyl (C=O) groups is 3. The van der Waals surface area contributed by atoms with E-state index >= 15 is 0 Å². The number of allylic oxidation sites excluding steroid dienone is 4. The van der Waals surface area contributed by atoms with Crippen LogP contribution in [0.2, 0.25) is 0 Å². The molecule has 0 amide bonds. The summed E-state index contributed by atoms with van der Waals surface area (Å²) in [6, 6.07) is 0. The average molecular weight is 850 g/mol. The molecule has 0 aliphatic heterocycles. The minimum absolute atomic E-state index is 0.148. The molecule has 0 bridgehead atoms. The van der Waals surface area contributed by atoms with Gasteiger partial charge < -0.3 is 33.3 Å². The summed E-state index contributed by atoms with van der Waals surface area (Å²) in [7, 11) is 5.91. The molecule has 0 aromatic carbocycles. The molecular weight excluding hydrogens is 755 g/mol. The topological polar surface area (TPSA) is 111 Å². The van der Waals surface area contributed by atoms with Gasteiger partial charge in [0.2, 0.25) is 0 Å². The molecule has 0 saturated heterocycles. The first kappa shape index (κ1) is 57.8. The molecule has 0 rings (SSSR count). The summed E-state index contributed by atoms with van der Waals surface area (Å²) in [4.78, 5) is 37.1. The highest BCUT2D eigenvalue weighted by Gasteiger charge is 2.22. The molecule has 0 aromatic heterocycles. The first-order chi connectivity index (χ1) is 29.1. The predicted octanol–water partition coefficient (Wildman–Crippen LogP) is 12.3. The number of hydrogen-bond donors (Lipinski definition) is 0. The summed E-state index contributed by atoms with van der Waals surface area (Å²) in [5.74, 6) is -2.28. The zero-order chi connectivity index (χ0) is 44.2. The molecule has 352 valence electrons. The molecule has 0 aliphatic carbocycles. The normalized spacial score (nSPS) is 13.0. The molecule has 2 atom stereocenters. The van der Waals surface area contributed by atoms with Gasteiger partial charge in [-0.2, -0.15) is 0 Å². The van der Waals surface area contributed by atoms with Gasteiger partial charge in [0.15, 0.2) is 12.4 Å². The molecule has 0 N–H and O–H groups in total. The number of quaternary nitrogens is 1. The fourth-order valence-corrected chi connectivity index (χ4v) is 7.04. The van der Waals surface area contributed by atoms with Gasteiger partial charge in [0.25, 0.3) is 0 Å². The van der Waals surface area contributed by atoms with E-state index in [4.69, 9.17) is 18.9 Å². The van der Waals surface area contributed by atoms with Crippen LogP contribution in [0.3, 0.4) is 0 Å². The lowest BCUT2D eigenvalue weighted by Gasteiger charge is -2.26.